The number of nitrogens with two attached hydrogens (primary N) is 1. The van der Waals surface area contributed by atoms with Crippen molar-refractivity contribution < 1.29 is 13.9 Å². The van der Waals surface area contributed by atoms with Gasteiger partial charge in [0.05, 0.1) is 12.1 Å². The van der Waals surface area contributed by atoms with Crippen molar-refractivity contribution in [2.24, 2.45) is 16.6 Å². The molecule has 0 aliphatic carbocycles. The zero-order valence-electron chi connectivity index (χ0n) is 14.2. The van der Waals surface area contributed by atoms with E-state index in [4.69, 9.17) is 10.5 Å². The average molecular weight is 429 g/mol. The fourth-order valence-corrected chi connectivity index (χ4v) is 4.91. The molecule has 1 fully saturated rings. The number of halogens is 2. The number of thioether (sulfide) groups is 1. The lowest BCUT2D eigenvalue weighted by molar-refractivity contribution is 0.00886. The van der Waals surface area contributed by atoms with Crippen molar-refractivity contribution in [3.8, 4) is 0 Å². The Kier molecular flexibility index (Phi) is 6.05. The number of amides is 1. The normalized spacial score (nSPS) is 24.3. The second kappa shape index (κ2) is 8.14. The van der Waals surface area contributed by atoms with E-state index in [0.717, 1.165) is 5.75 Å². The number of carbonyl (C=O) groups excluding carboxylic acids is 1. The minimum Gasteiger partial charge on any atom is -0.381 e. The minimum absolute atomic E-state index is 0. The fourth-order valence-electron chi connectivity index (χ4n) is 3.41. The number of hydrogen-bond acceptors (Lipinski definition) is 7. The number of anilines is 1. The monoisotopic (exact) mass is 428 g/mol. The van der Waals surface area contributed by atoms with Gasteiger partial charge < -0.3 is 15.8 Å². The number of aliphatic imine (C=N–C) groups is 1. The summed E-state index contributed by atoms with van der Waals surface area (Å²) in [6.45, 7) is 1.01. The topological polar surface area (TPSA) is 89.6 Å². The highest BCUT2D eigenvalue weighted by Crippen LogP contribution is 2.46. The SMILES string of the molecule is Cl.NC1=N[C@]2(c3cc(NC(=O)c4nccs4)ccc3F)CCOCC2CS1. The van der Waals surface area contributed by atoms with Crippen molar-refractivity contribution >= 4 is 52.3 Å². The van der Waals surface area contributed by atoms with E-state index in [-0.39, 0.29) is 30.0 Å². The van der Waals surface area contributed by atoms with E-state index in [1.54, 1.807) is 23.7 Å². The zero-order chi connectivity index (χ0) is 18.1. The van der Waals surface area contributed by atoms with Crippen LogP contribution in [0.2, 0.25) is 0 Å². The van der Waals surface area contributed by atoms with Gasteiger partial charge in [0.2, 0.25) is 0 Å². The Morgan fingerprint density at radius 2 is 2.30 bits per heavy atom. The van der Waals surface area contributed by atoms with Gasteiger partial charge in [-0.25, -0.2) is 9.37 Å². The van der Waals surface area contributed by atoms with Crippen molar-refractivity contribution in [1.82, 2.24) is 4.98 Å². The third kappa shape index (κ3) is 3.82. The van der Waals surface area contributed by atoms with Gasteiger partial charge in [-0.05, 0) is 18.2 Å². The van der Waals surface area contributed by atoms with Crippen LogP contribution in [-0.4, -0.2) is 35.0 Å². The Balaban J connectivity index is 0.00000210. The standard InChI is InChI=1S/C17H17FN4O2S2.ClH/c18-13-2-1-11(21-14(23)15-20-4-6-25-15)7-12(13)17-3-5-24-8-10(17)9-26-16(19)22-17;/h1-2,4,6-7,10H,3,5,8-9H2,(H2,19,22)(H,21,23);1H/t10?,17-;/m1./s1. The number of thiazole rings is 1. The number of nitrogens with one attached hydrogen (secondary N) is 1. The molecular weight excluding hydrogens is 411 g/mol. The van der Waals surface area contributed by atoms with Gasteiger partial charge in [-0.2, -0.15) is 0 Å². The van der Waals surface area contributed by atoms with Crippen LogP contribution in [0.25, 0.3) is 0 Å². The van der Waals surface area contributed by atoms with Gasteiger partial charge in [0.1, 0.15) is 5.82 Å². The van der Waals surface area contributed by atoms with E-state index < -0.39 is 5.54 Å². The summed E-state index contributed by atoms with van der Waals surface area (Å²) in [6, 6.07) is 4.56. The maximum absolute atomic E-state index is 14.8. The van der Waals surface area contributed by atoms with Crippen LogP contribution in [0.5, 0.6) is 0 Å². The molecule has 2 aromatic rings. The Bertz CT molecular complexity index is 865. The molecule has 2 aliphatic heterocycles. The van der Waals surface area contributed by atoms with Gasteiger partial charge in [-0.3, -0.25) is 9.79 Å². The van der Waals surface area contributed by atoms with Crippen LogP contribution in [0.1, 0.15) is 21.8 Å². The highest BCUT2D eigenvalue weighted by molar-refractivity contribution is 8.13. The molecule has 2 atom stereocenters. The lowest BCUT2D eigenvalue weighted by Crippen LogP contribution is -2.47. The first-order valence-corrected chi connectivity index (χ1v) is 10.0. The predicted octanol–water partition coefficient (Wildman–Crippen LogP) is 3.25. The lowest BCUT2D eigenvalue weighted by Gasteiger charge is -2.44. The molecule has 144 valence electrons. The van der Waals surface area contributed by atoms with Gasteiger partial charge >= 0.3 is 0 Å². The molecule has 6 nitrogen and oxygen atoms in total. The Morgan fingerprint density at radius 3 is 3.07 bits per heavy atom. The van der Waals surface area contributed by atoms with Crippen molar-refractivity contribution in [2.75, 3.05) is 24.3 Å². The van der Waals surface area contributed by atoms with Crippen molar-refractivity contribution in [3.63, 3.8) is 0 Å². The summed E-state index contributed by atoms with van der Waals surface area (Å²) < 4.78 is 20.4. The molecule has 4 rings (SSSR count). The van der Waals surface area contributed by atoms with E-state index in [1.807, 2.05) is 0 Å². The summed E-state index contributed by atoms with van der Waals surface area (Å²) in [4.78, 5) is 20.9. The van der Waals surface area contributed by atoms with Crippen molar-refractivity contribution in [3.05, 3.63) is 46.2 Å². The smallest absolute Gasteiger partial charge is 0.284 e. The zero-order valence-corrected chi connectivity index (χ0v) is 16.6. The molecule has 2 aliphatic rings. The largest absolute Gasteiger partial charge is 0.381 e. The van der Waals surface area contributed by atoms with Crippen LogP contribution in [0.15, 0.2) is 34.8 Å². The van der Waals surface area contributed by atoms with Gasteiger partial charge in [0.25, 0.3) is 5.91 Å². The molecule has 1 aromatic heterocycles. The second-order valence-corrected chi connectivity index (χ2v) is 8.13. The predicted molar refractivity (Wildman–Crippen MR) is 108 cm³/mol. The molecule has 0 spiro atoms. The van der Waals surface area contributed by atoms with Crippen LogP contribution in [0.4, 0.5) is 10.1 Å². The molecule has 1 amide bonds. The molecular formula is C17H18ClFN4O2S2. The van der Waals surface area contributed by atoms with Crippen LogP contribution >= 0.6 is 35.5 Å². The number of carbonyl (C=O) groups is 1. The van der Waals surface area contributed by atoms with E-state index in [2.05, 4.69) is 15.3 Å². The number of benzene rings is 1. The van der Waals surface area contributed by atoms with Gasteiger partial charge in [0, 0.05) is 47.5 Å². The van der Waals surface area contributed by atoms with Crippen molar-refractivity contribution in [1.29, 1.82) is 0 Å². The third-order valence-corrected chi connectivity index (χ3v) is 6.41. The highest BCUT2D eigenvalue weighted by atomic mass is 35.5. The van der Waals surface area contributed by atoms with Crippen molar-refractivity contribution in [2.45, 2.75) is 12.0 Å². The molecule has 0 saturated carbocycles. The number of nitrogens with zero attached hydrogens (tertiary/aromatic N) is 2. The summed E-state index contributed by atoms with van der Waals surface area (Å²) in [6.07, 6.45) is 2.12. The fraction of sp³-hybridized carbons (Fsp3) is 0.353. The molecule has 1 saturated heterocycles. The lowest BCUT2D eigenvalue weighted by atomic mass is 9.75. The number of rotatable bonds is 3. The van der Waals surface area contributed by atoms with E-state index in [9.17, 15) is 9.18 Å². The Labute approximate surface area is 170 Å². The second-order valence-electron chi connectivity index (χ2n) is 6.19. The Hall–Kier alpha value is -1.68. The summed E-state index contributed by atoms with van der Waals surface area (Å²) in [7, 11) is 0. The van der Waals surface area contributed by atoms with E-state index in [0.29, 0.717) is 41.1 Å². The van der Waals surface area contributed by atoms with Gasteiger partial charge in [-0.15, -0.1) is 23.7 Å². The highest BCUT2D eigenvalue weighted by Gasteiger charge is 2.47. The molecule has 3 heterocycles. The number of hydrogen-bond donors (Lipinski definition) is 2. The molecule has 1 aromatic carbocycles. The molecule has 0 radical (unpaired) electrons. The van der Waals surface area contributed by atoms with E-state index >= 15 is 0 Å². The maximum Gasteiger partial charge on any atom is 0.284 e. The molecule has 1 unspecified atom stereocenters. The summed E-state index contributed by atoms with van der Waals surface area (Å²) in [5.41, 5.74) is 6.18. The molecule has 10 heteroatoms. The van der Waals surface area contributed by atoms with Crippen LogP contribution in [-0.2, 0) is 10.3 Å². The minimum atomic E-state index is -0.750. The van der Waals surface area contributed by atoms with Crippen LogP contribution in [0, 0.1) is 11.7 Å². The average Bonchev–Trinajstić information content (AvgIpc) is 3.18. The van der Waals surface area contributed by atoms with Gasteiger partial charge in [0.15, 0.2) is 10.2 Å². The van der Waals surface area contributed by atoms with E-state index in [1.165, 1.54) is 29.2 Å². The third-order valence-electron chi connectivity index (χ3n) is 4.68. The molecule has 0 bridgehead atoms. The summed E-state index contributed by atoms with van der Waals surface area (Å²) in [5.74, 6) is 0.0890. The summed E-state index contributed by atoms with van der Waals surface area (Å²) in [5, 5.41) is 5.32. The number of aromatic nitrogens is 1. The maximum atomic E-state index is 14.8. The first-order valence-electron chi connectivity index (χ1n) is 8.15. The first kappa shape index (κ1) is 20.1. The molecule has 3 N–H and O–H groups in total. The number of amidine groups is 1. The van der Waals surface area contributed by atoms with Crippen LogP contribution < -0.4 is 11.1 Å². The number of ether oxygens (including phenoxy) is 1. The summed E-state index contributed by atoms with van der Waals surface area (Å²) >= 11 is 2.71. The molecule has 27 heavy (non-hydrogen) atoms. The Morgan fingerprint density at radius 1 is 1.44 bits per heavy atom. The number of fused-ring (bicyclic) bond motifs is 1. The van der Waals surface area contributed by atoms with Gasteiger partial charge in [-0.1, -0.05) is 11.8 Å². The quantitative estimate of drug-likeness (QED) is 0.783. The first-order chi connectivity index (χ1) is 12.6. The van der Waals surface area contributed by atoms with Crippen LogP contribution in [0.3, 0.4) is 0 Å².